The summed E-state index contributed by atoms with van der Waals surface area (Å²) in [4.78, 5) is 0. The molecule has 4 rings (SSSR count). The van der Waals surface area contributed by atoms with Crippen LogP contribution in [0, 0.1) is 0 Å². The lowest BCUT2D eigenvalue weighted by atomic mass is 9.98. The first kappa shape index (κ1) is 17.3. The van der Waals surface area contributed by atoms with Gasteiger partial charge in [-0.25, -0.2) is 0 Å². The van der Waals surface area contributed by atoms with E-state index in [1.54, 1.807) is 21.3 Å². The fourth-order valence-corrected chi connectivity index (χ4v) is 3.34. The molecule has 0 saturated heterocycles. The monoisotopic (exact) mass is 370 g/mol. The Labute approximate surface area is 157 Å². The fraction of sp³-hybridized carbons (Fsp3) is 0.350. The number of nitrogens with one attached hydrogen (secondary N) is 1. The van der Waals surface area contributed by atoms with E-state index in [-0.39, 0.29) is 6.04 Å². The predicted octanol–water partition coefficient (Wildman–Crippen LogP) is 2.92. The van der Waals surface area contributed by atoms with Crippen molar-refractivity contribution >= 4 is 5.71 Å². The number of hydrogen-bond acceptors (Lipinski definition) is 7. The van der Waals surface area contributed by atoms with Gasteiger partial charge in [0.25, 0.3) is 0 Å². The summed E-state index contributed by atoms with van der Waals surface area (Å²) in [5.74, 6) is 3.35. The Morgan fingerprint density at radius 2 is 1.63 bits per heavy atom. The average Bonchev–Trinajstić information content (AvgIpc) is 3.22. The Morgan fingerprint density at radius 1 is 0.926 bits per heavy atom. The third kappa shape index (κ3) is 3.20. The zero-order valence-electron chi connectivity index (χ0n) is 15.6. The van der Waals surface area contributed by atoms with Crippen molar-refractivity contribution in [2.24, 2.45) is 5.10 Å². The SMILES string of the molecule is COc1cc(C2=NNC(c3ccc4c(c3)OCCO4)C2)cc(OC)c1OC. The van der Waals surface area contributed by atoms with Gasteiger partial charge in [-0.3, -0.25) is 0 Å². The third-order valence-corrected chi connectivity index (χ3v) is 4.72. The van der Waals surface area contributed by atoms with E-state index in [0.717, 1.165) is 34.8 Å². The van der Waals surface area contributed by atoms with Crippen LogP contribution in [-0.4, -0.2) is 40.3 Å². The molecule has 0 aromatic heterocycles. The van der Waals surface area contributed by atoms with Crippen LogP contribution < -0.4 is 29.1 Å². The number of hydrazone groups is 1. The number of benzene rings is 2. The molecule has 2 aliphatic heterocycles. The second kappa shape index (κ2) is 7.26. The maximum atomic E-state index is 5.68. The molecule has 0 saturated carbocycles. The molecule has 0 radical (unpaired) electrons. The highest BCUT2D eigenvalue weighted by Gasteiger charge is 2.25. The van der Waals surface area contributed by atoms with E-state index >= 15 is 0 Å². The molecule has 27 heavy (non-hydrogen) atoms. The summed E-state index contributed by atoms with van der Waals surface area (Å²) >= 11 is 0. The van der Waals surface area contributed by atoms with Crippen molar-refractivity contribution in [1.29, 1.82) is 0 Å². The van der Waals surface area contributed by atoms with Gasteiger partial charge in [0.05, 0.1) is 33.1 Å². The van der Waals surface area contributed by atoms with Crippen molar-refractivity contribution in [3.8, 4) is 28.7 Å². The lowest BCUT2D eigenvalue weighted by Crippen LogP contribution is -2.16. The van der Waals surface area contributed by atoms with E-state index in [9.17, 15) is 0 Å². The molecule has 1 N–H and O–H groups in total. The first-order chi connectivity index (χ1) is 13.2. The van der Waals surface area contributed by atoms with Crippen LogP contribution in [-0.2, 0) is 0 Å². The highest BCUT2D eigenvalue weighted by atomic mass is 16.6. The Kier molecular flexibility index (Phi) is 4.66. The Balaban J connectivity index is 1.57. The van der Waals surface area contributed by atoms with Gasteiger partial charge in [0.2, 0.25) is 5.75 Å². The molecule has 2 heterocycles. The summed E-state index contributed by atoms with van der Waals surface area (Å²) in [6.07, 6.45) is 0.734. The molecule has 1 atom stereocenters. The molecular formula is C20H22N2O5. The molecule has 142 valence electrons. The fourth-order valence-electron chi connectivity index (χ4n) is 3.34. The number of nitrogens with zero attached hydrogens (tertiary/aromatic N) is 1. The smallest absolute Gasteiger partial charge is 0.203 e. The normalized spacial score (nSPS) is 17.7. The van der Waals surface area contributed by atoms with Crippen LogP contribution in [0.1, 0.15) is 23.6 Å². The van der Waals surface area contributed by atoms with Crippen LogP contribution in [0.4, 0.5) is 0 Å². The van der Waals surface area contributed by atoms with Crippen LogP contribution in [0.25, 0.3) is 0 Å². The molecule has 0 aliphatic carbocycles. The topological polar surface area (TPSA) is 70.5 Å². The summed E-state index contributed by atoms with van der Waals surface area (Å²) < 4.78 is 27.5. The van der Waals surface area contributed by atoms with Gasteiger partial charge < -0.3 is 29.1 Å². The minimum absolute atomic E-state index is 0.0647. The molecule has 0 amide bonds. The van der Waals surface area contributed by atoms with Crippen molar-refractivity contribution < 1.29 is 23.7 Å². The number of ether oxygens (including phenoxy) is 5. The summed E-state index contributed by atoms with van der Waals surface area (Å²) in [6.45, 7) is 1.16. The molecular weight excluding hydrogens is 348 g/mol. The standard InChI is InChI=1S/C20H22N2O5/c1-23-18-9-13(10-19(24-2)20(18)25-3)15-11-14(21-22-15)12-4-5-16-17(8-12)27-7-6-26-16/h4-5,8-10,14,21H,6-7,11H2,1-3H3. The van der Waals surface area contributed by atoms with Crippen molar-refractivity contribution in [3.63, 3.8) is 0 Å². The highest BCUT2D eigenvalue weighted by molar-refractivity contribution is 6.02. The number of rotatable bonds is 5. The van der Waals surface area contributed by atoms with Crippen LogP contribution in [0.5, 0.6) is 28.7 Å². The maximum Gasteiger partial charge on any atom is 0.203 e. The number of methoxy groups -OCH3 is 3. The van der Waals surface area contributed by atoms with E-state index in [1.165, 1.54) is 0 Å². The molecule has 1 unspecified atom stereocenters. The summed E-state index contributed by atoms with van der Waals surface area (Å²) in [6, 6.07) is 9.89. The molecule has 0 fully saturated rings. The molecule has 2 aliphatic rings. The molecule has 0 spiro atoms. The van der Waals surface area contributed by atoms with Crippen LogP contribution in [0.2, 0.25) is 0 Å². The van der Waals surface area contributed by atoms with E-state index in [4.69, 9.17) is 23.7 Å². The highest BCUT2D eigenvalue weighted by Crippen LogP contribution is 2.40. The Morgan fingerprint density at radius 3 is 2.30 bits per heavy atom. The quantitative estimate of drug-likeness (QED) is 0.873. The first-order valence-electron chi connectivity index (χ1n) is 8.75. The lowest BCUT2D eigenvalue weighted by Gasteiger charge is -2.20. The molecule has 2 aromatic carbocycles. The maximum absolute atomic E-state index is 5.68. The van der Waals surface area contributed by atoms with Gasteiger partial charge in [0.1, 0.15) is 13.2 Å². The zero-order valence-corrected chi connectivity index (χ0v) is 15.6. The second-order valence-electron chi connectivity index (χ2n) is 6.26. The predicted molar refractivity (Wildman–Crippen MR) is 101 cm³/mol. The number of fused-ring (bicyclic) bond motifs is 1. The van der Waals surface area contributed by atoms with Crippen molar-refractivity contribution in [3.05, 3.63) is 41.5 Å². The van der Waals surface area contributed by atoms with Crippen LogP contribution >= 0.6 is 0 Å². The van der Waals surface area contributed by atoms with Crippen LogP contribution in [0.3, 0.4) is 0 Å². The Bertz CT molecular complexity index is 856. The Hall–Kier alpha value is -3.09. The van der Waals surface area contributed by atoms with Crippen molar-refractivity contribution in [1.82, 2.24) is 5.43 Å². The van der Waals surface area contributed by atoms with E-state index in [0.29, 0.717) is 30.5 Å². The molecule has 7 nitrogen and oxygen atoms in total. The van der Waals surface area contributed by atoms with Gasteiger partial charge in [-0.05, 0) is 29.8 Å². The minimum atomic E-state index is 0.0647. The zero-order chi connectivity index (χ0) is 18.8. The van der Waals surface area contributed by atoms with Crippen molar-refractivity contribution in [2.75, 3.05) is 34.5 Å². The van der Waals surface area contributed by atoms with E-state index < -0.39 is 0 Å². The summed E-state index contributed by atoms with van der Waals surface area (Å²) in [5, 5.41) is 4.52. The van der Waals surface area contributed by atoms with E-state index in [2.05, 4.69) is 10.5 Å². The molecule has 7 heteroatoms. The molecule has 0 bridgehead atoms. The van der Waals surface area contributed by atoms with Gasteiger partial charge in [-0.1, -0.05) is 6.07 Å². The van der Waals surface area contributed by atoms with Crippen molar-refractivity contribution in [2.45, 2.75) is 12.5 Å². The largest absolute Gasteiger partial charge is 0.493 e. The van der Waals surface area contributed by atoms with E-state index in [1.807, 2.05) is 30.3 Å². The molecule has 2 aromatic rings. The number of hydrogen-bond donors (Lipinski definition) is 1. The summed E-state index contributed by atoms with van der Waals surface area (Å²) in [5.41, 5.74) is 6.17. The summed E-state index contributed by atoms with van der Waals surface area (Å²) in [7, 11) is 4.80. The lowest BCUT2D eigenvalue weighted by molar-refractivity contribution is 0.171. The van der Waals surface area contributed by atoms with Gasteiger partial charge in [-0.15, -0.1) is 0 Å². The average molecular weight is 370 g/mol. The van der Waals surface area contributed by atoms with Gasteiger partial charge >= 0.3 is 0 Å². The minimum Gasteiger partial charge on any atom is -0.493 e. The second-order valence-corrected chi connectivity index (χ2v) is 6.26. The van der Waals surface area contributed by atoms with Crippen LogP contribution in [0.15, 0.2) is 35.4 Å². The first-order valence-corrected chi connectivity index (χ1v) is 8.75. The third-order valence-electron chi connectivity index (χ3n) is 4.72. The van der Waals surface area contributed by atoms with Gasteiger partial charge in [0, 0.05) is 12.0 Å². The van der Waals surface area contributed by atoms with Gasteiger partial charge in [0.15, 0.2) is 23.0 Å². The van der Waals surface area contributed by atoms with Gasteiger partial charge in [-0.2, -0.15) is 5.10 Å².